The standard InChI is InChI=1S/C16H27NO4/c1-12(2)16(7-8-18)17-10-13(19)11-21-15-6-4-5-14(9-15)20-3/h4-6,9,12-13,16-19H,7-8,10-11H2,1-3H3. The molecule has 5 heteroatoms. The minimum absolute atomic E-state index is 0.145. The number of hydrogen-bond acceptors (Lipinski definition) is 5. The first kappa shape index (κ1) is 17.8. The third-order valence-electron chi connectivity index (χ3n) is 3.34. The highest BCUT2D eigenvalue weighted by Gasteiger charge is 2.14. The average molecular weight is 297 g/mol. The number of aliphatic hydroxyl groups is 2. The predicted octanol–water partition coefficient (Wildman–Crippen LogP) is 1.43. The summed E-state index contributed by atoms with van der Waals surface area (Å²) in [7, 11) is 1.60. The molecule has 0 bridgehead atoms. The van der Waals surface area contributed by atoms with E-state index in [0.29, 0.717) is 24.6 Å². The molecule has 0 fully saturated rings. The zero-order valence-corrected chi connectivity index (χ0v) is 13.1. The quantitative estimate of drug-likeness (QED) is 0.609. The van der Waals surface area contributed by atoms with Gasteiger partial charge in [-0.1, -0.05) is 19.9 Å². The van der Waals surface area contributed by atoms with Crippen LogP contribution in [0.1, 0.15) is 20.3 Å². The van der Waals surface area contributed by atoms with Gasteiger partial charge in [0.05, 0.1) is 7.11 Å². The van der Waals surface area contributed by atoms with Gasteiger partial charge >= 0.3 is 0 Å². The fourth-order valence-electron chi connectivity index (χ4n) is 2.04. The topological polar surface area (TPSA) is 71.0 Å². The van der Waals surface area contributed by atoms with Gasteiger partial charge in [-0.15, -0.1) is 0 Å². The lowest BCUT2D eigenvalue weighted by molar-refractivity contribution is 0.0994. The summed E-state index contributed by atoms with van der Waals surface area (Å²) in [5, 5.41) is 22.2. The van der Waals surface area contributed by atoms with Crippen LogP contribution in [0, 0.1) is 5.92 Å². The molecule has 1 aromatic rings. The minimum Gasteiger partial charge on any atom is -0.497 e. The van der Waals surface area contributed by atoms with Gasteiger partial charge in [-0.25, -0.2) is 0 Å². The van der Waals surface area contributed by atoms with Crippen LogP contribution >= 0.6 is 0 Å². The minimum atomic E-state index is -0.601. The van der Waals surface area contributed by atoms with Crippen molar-refractivity contribution in [1.29, 1.82) is 0 Å². The summed E-state index contributed by atoms with van der Waals surface area (Å²) >= 11 is 0. The predicted molar refractivity (Wildman–Crippen MR) is 82.8 cm³/mol. The van der Waals surface area contributed by atoms with E-state index in [0.717, 1.165) is 5.75 Å². The number of methoxy groups -OCH3 is 1. The van der Waals surface area contributed by atoms with Crippen molar-refractivity contribution >= 4 is 0 Å². The molecule has 0 amide bonds. The van der Waals surface area contributed by atoms with Gasteiger partial charge in [0.2, 0.25) is 0 Å². The molecule has 0 saturated carbocycles. The van der Waals surface area contributed by atoms with Gasteiger partial charge in [0, 0.05) is 25.3 Å². The van der Waals surface area contributed by atoms with Gasteiger partial charge in [0.25, 0.3) is 0 Å². The fourth-order valence-corrected chi connectivity index (χ4v) is 2.04. The molecule has 0 aliphatic carbocycles. The van der Waals surface area contributed by atoms with Crippen LogP contribution < -0.4 is 14.8 Å². The van der Waals surface area contributed by atoms with Crippen LogP contribution in [0.25, 0.3) is 0 Å². The van der Waals surface area contributed by atoms with Crippen LogP contribution in [0.4, 0.5) is 0 Å². The number of ether oxygens (including phenoxy) is 2. The van der Waals surface area contributed by atoms with E-state index >= 15 is 0 Å². The van der Waals surface area contributed by atoms with Crippen LogP contribution in [-0.4, -0.2) is 49.2 Å². The molecule has 0 aliphatic heterocycles. The Labute approximate surface area is 126 Å². The number of benzene rings is 1. The summed E-state index contributed by atoms with van der Waals surface area (Å²) in [6, 6.07) is 7.48. The molecule has 3 N–H and O–H groups in total. The molecule has 5 nitrogen and oxygen atoms in total. The zero-order chi connectivity index (χ0) is 15.7. The number of hydrogen-bond donors (Lipinski definition) is 3. The van der Waals surface area contributed by atoms with E-state index in [-0.39, 0.29) is 19.3 Å². The van der Waals surface area contributed by atoms with Crippen LogP contribution in [0.5, 0.6) is 11.5 Å². The van der Waals surface area contributed by atoms with Gasteiger partial charge in [-0.3, -0.25) is 0 Å². The van der Waals surface area contributed by atoms with Crippen molar-refractivity contribution in [2.45, 2.75) is 32.4 Å². The molecule has 0 heterocycles. The summed E-state index contributed by atoms with van der Waals surface area (Å²) in [4.78, 5) is 0. The van der Waals surface area contributed by atoms with E-state index in [1.54, 1.807) is 13.2 Å². The van der Waals surface area contributed by atoms with E-state index in [9.17, 15) is 5.11 Å². The second-order valence-electron chi connectivity index (χ2n) is 5.41. The molecule has 1 aromatic carbocycles. The first-order chi connectivity index (χ1) is 10.1. The monoisotopic (exact) mass is 297 g/mol. The lowest BCUT2D eigenvalue weighted by Crippen LogP contribution is -2.41. The third-order valence-corrected chi connectivity index (χ3v) is 3.34. The molecule has 0 aromatic heterocycles. The maximum absolute atomic E-state index is 9.95. The van der Waals surface area contributed by atoms with Gasteiger partial charge in [0.15, 0.2) is 0 Å². The molecule has 2 unspecified atom stereocenters. The Morgan fingerprint density at radius 3 is 2.57 bits per heavy atom. The van der Waals surface area contributed by atoms with Crippen LogP contribution in [0.3, 0.4) is 0 Å². The SMILES string of the molecule is COc1cccc(OCC(O)CNC(CCO)C(C)C)c1. The first-order valence-corrected chi connectivity index (χ1v) is 7.36. The van der Waals surface area contributed by atoms with Crippen molar-refractivity contribution in [3.63, 3.8) is 0 Å². The summed E-state index contributed by atoms with van der Waals surface area (Å²) < 4.78 is 10.7. The Morgan fingerprint density at radius 1 is 1.24 bits per heavy atom. The Bertz CT molecular complexity index is 398. The lowest BCUT2D eigenvalue weighted by atomic mass is 10.0. The highest BCUT2D eigenvalue weighted by molar-refractivity contribution is 5.32. The van der Waals surface area contributed by atoms with Crippen LogP contribution in [0.2, 0.25) is 0 Å². The van der Waals surface area contributed by atoms with Crippen molar-refractivity contribution in [2.75, 3.05) is 26.9 Å². The van der Waals surface area contributed by atoms with E-state index in [1.807, 2.05) is 18.2 Å². The van der Waals surface area contributed by atoms with Crippen LogP contribution in [0.15, 0.2) is 24.3 Å². The number of rotatable bonds is 10. The molecule has 0 aliphatic rings. The highest BCUT2D eigenvalue weighted by atomic mass is 16.5. The molecule has 0 spiro atoms. The first-order valence-electron chi connectivity index (χ1n) is 7.36. The second kappa shape index (κ2) is 9.60. The van der Waals surface area contributed by atoms with Crippen molar-refractivity contribution in [3.05, 3.63) is 24.3 Å². The van der Waals surface area contributed by atoms with E-state index in [4.69, 9.17) is 14.6 Å². The smallest absolute Gasteiger partial charge is 0.123 e. The van der Waals surface area contributed by atoms with E-state index in [2.05, 4.69) is 19.2 Å². The van der Waals surface area contributed by atoms with Gasteiger partial charge in [-0.2, -0.15) is 0 Å². The summed E-state index contributed by atoms with van der Waals surface area (Å²) in [6.45, 7) is 4.97. The van der Waals surface area contributed by atoms with Gasteiger partial charge in [0.1, 0.15) is 24.2 Å². The molecule has 2 atom stereocenters. The molecule has 0 radical (unpaired) electrons. The highest BCUT2D eigenvalue weighted by Crippen LogP contribution is 2.18. The van der Waals surface area contributed by atoms with Crippen molar-refractivity contribution in [1.82, 2.24) is 5.32 Å². The molecule has 1 rings (SSSR count). The third kappa shape index (κ3) is 6.80. The Balaban J connectivity index is 2.34. The largest absolute Gasteiger partial charge is 0.497 e. The zero-order valence-electron chi connectivity index (χ0n) is 13.1. The van der Waals surface area contributed by atoms with Gasteiger partial charge in [-0.05, 0) is 24.5 Å². The fraction of sp³-hybridized carbons (Fsp3) is 0.625. The Morgan fingerprint density at radius 2 is 1.95 bits per heavy atom. The van der Waals surface area contributed by atoms with Crippen molar-refractivity contribution in [3.8, 4) is 11.5 Å². The molecule has 0 saturated heterocycles. The summed E-state index contributed by atoms with van der Waals surface area (Å²) in [5.74, 6) is 1.80. The maximum Gasteiger partial charge on any atom is 0.123 e. The summed E-state index contributed by atoms with van der Waals surface area (Å²) in [5.41, 5.74) is 0. The molecular weight excluding hydrogens is 270 g/mol. The van der Waals surface area contributed by atoms with E-state index < -0.39 is 6.10 Å². The van der Waals surface area contributed by atoms with Crippen molar-refractivity contribution in [2.24, 2.45) is 5.92 Å². The second-order valence-corrected chi connectivity index (χ2v) is 5.41. The normalized spacial score (nSPS) is 14.0. The summed E-state index contributed by atoms with van der Waals surface area (Å²) in [6.07, 6.45) is 0.0809. The lowest BCUT2D eigenvalue weighted by Gasteiger charge is -2.23. The Hall–Kier alpha value is -1.30. The maximum atomic E-state index is 9.95. The average Bonchev–Trinajstić information content (AvgIpc) is 2.49. The Kier molecular flexibility index (Phi) is 8.12. The molecule has 120 valence electrons. The van der Waals surface area contributed by atoms with E-state index in [1.165, 1.54) is 0 Å². The van der Waals surface area contributed by atoms with Crippen molar-refractivity contribution < 1.29 is 19.7 Å². The number of nitrogens with one attached hydrogen (secondary N) is 1. The molecular formula is C16H27NO4. The van der Waals surface area contributed by atoms with Gasteiger partial charge < -0.3 is 25.0 Å². The number of aliphatic hydroxyl groups excluding tert-OH is 2. The molecule has 21 heavy (non-hydrogen) atoms. The van der Waals surface area contributed by atoms with Crippen LogP contribution in [-0.2, 0) is 0 Å².